The van der Waals surface area contributed by atoms with Gasteiger partial charge in [-0.15, -0.1) is 0 Å². The van der Waals surface area contributed by atoms with Gasteiger partial charge in [0.1, 0.15) is 6.10 Å². The van der Waals surface area contributed by atoms with Crippen LogP contribution in [0, 0.1) is 4.77 Å². The first-order chi connectivity index (χ1) is 12.8. The summed E-state index contributed by atoms with van der Waals surface area (Å²) in [7, 11) is 0. The first kappa shape index (κ1) is 16.7. The number of nitrogens with one attached hydrogen (secondary N) is 2. The number of hydrogen-bond donors (Lipinski definition) is 2. The number of rotatable bonds is 5. The summed E-state index contributed by atoms with van der Waals surface area (Å²) in [5.41, 5.74) is 3.05. The summed E-state index contributed by atoms with van der Waals surface area (Å²) >= 11 is 5.28. The Morgan fingerprint density at radius 3 is 2.65 bits per heavy atom. The van der Waals surface area contributed by atoms with E-state index in [4.69, 9.17) is 17.0 Å². The Morgan fingerprint density at radius 1 is 1.15 bits per heavy atom. The molecule has 3 aromatic rings. The summed E-state index contributed by atoms with van der Waals surface area (Å²) < 4.78 is 7.79. The lowest BCUT2D eigenvalue weighted by molar-refractivity contribution is 0.102. The second kappa shape index (κ2) is 7.63. The maximum atomic E-state index is 5.69. The molecule has 1 fully saturated rings. The highest BCUT2D eigenvalue weighted by Crippen LogP contribution is 2.27. The third kappa shape index (κ3) is 3.74. The lowest BCUT2D eigenvalue weighted by Crippen LogP contribution is -2.05. The average molecular weight is 365 g/mol. The molecule has 132 valence electrons. The van der Waals surface area contributed by atoms with E-state index >= 15 is 0 Å². The molecule has 0 radical (unpaired) electrons. The molecule has 1 atom stereocenters. The van der Waals surface area contributed by atoms with Crippen LogP contribution in [0.3, 0.4) is 0 Å². The number of benzene rings is 2. The highest BCUT2D eigenvalue weighted by atomic mass is 32.1. The van der Waals surface area contributed by atoms with Gasteiger partial charge in [-0.25, -0.2) is 0 Å². The SMILES string of the molecule is S=c1[nH]nc([C@@H]2CCCO2)n1/N=C\c1ccc(Nc2ccccc2)cc1. The predicted molar refractivity (Wildman–Crippen MR) is 104 cm³/mol. The van der Waals surface area contributed by atoms with Crippen LogP contribution in [-0.2, 0) is 4.74 Å². The Balaban J connectivity index is 1.49. The third-order valence-corrected chi connectivity index (χ3v) is 4.45. The molecule has 6 nitrogen and oxygen atoms in total. The Kier molecular flexibility index (Phi) is 4.90. The lowest BCUT2D eigenvalue weighted by atomic mass is 10.2. The van der Waals surface area contributed by atoms with Crippen LogP contribution in [0.1, 0.15) is 30.3 Å². The minimum absolute atomic E-state index is 0.0439. The second-order valence-corrected chi connectivity index (χ2v) is 6.44. The minimum Gasteiger partial charge on any atom is -0.370 e. The monoisotopic (exact) mass is 365 g/mol. The highest BCUT2D eigenvalue weighted by Gasteiger charge is 2.23. The summed E-state index contributed by atoms with van der Waals surface area (Å²) in [5.74, 6) is 0.728. The fraction of sp³-hybridized carbons (Fsp3) is 0.211. The quantitative estimate of drug-likeness (QED) is 0.519. The van der Waals surface area contributed by atoms with Crippen LogP contribution in [0.25, 0.3) is 0 Å². The Morgan fingerprint density at radius 2 is 1.92 bits per heavy atom. The fourth-order valence-corrected chi connectivity index (χ4v) is 3.06. The van der Waals surface area contributed by atoms with E-state index in [0.29, 0.717) is 4.77 Å². The molecule has 2 N–H and O–H groups in total. The molecule has 0 amide bonds. The zero-order valence-corrected chi connectivity index (χ0v) is 14.9. The number of hydrogen-bond acceptors (Lipinski definition) is 5. The Bertz CT molecular complexity index is 940. The predicted octanol–water partition coefficient (Wildman–Crippen LogP) is 4.42. The van der Waals surface area contributed by atoms with Gasteiger partial charge in [0.25, 0.3) is 0 Å². The molecule has 0 saturated carbocycles. The van der Waals surface area contributed by atoms with Gasteiger partial charge < -0.3 is 10.1 Å². The van der Waals surface area contributed by atoms with Crippen molar-refractivity contribution in [3.8, 4) is 0 Å². The van der Waals surface area contributed by atoms with E-state index in [1.807, 2.05) is 54.6 Å². The molecular weight excluding hydrogens is 346 g/mol. The fourth-order valence-electron chi connectivity index (χ4n) is 2.87. The van der Waals surface area contributed by atoms with Crippen molar-refractivity contribution in [1.82, 2.24) is 14.9 Å². The van der Waals surface area contributed by atoms with E-state index in [1.165, 1.54) is 0 Å². The van der Waals surface area contributed by atoms with Crippen LogP contribution >= 0.6 is 12.2 Å². The van der Waals surface area contributed by atoms with Crippen molar-refractivity contribution in [2.75, 3.05) is 11.9 Å². The summed E-state index contributed by atoms with van der Waals surface area (Å²) in [5, 5.41) is 14.9. The first-order valence-electron chi connectivity index (χ1n) is 8.55. The van der Waals surface area contributed by atoms with Crippen LogP contribution in [0.15, 0.2) is 59.7 Å². The largest absolute Gasteiger partial charge is 0.370 e. The van der Waals surface area contributed by atoms with Crippen LogP contribution in [0.4, 0.5) is 11.4 Å². The summed E-state index contributed by atoms with van der Waals surface area (Å²) in [6.45, 7) is 0.754. The second-order valence-electron chi connectivity index (χ2n) is 6.06. The number of ether oxygens (including phenoxy) is 1. The first-order valence-corrected chi connectivity index (χ1v) is 8.96. The van der Waals surface area contributed by atoms with Crippen LogP contribution in [0.2, 0.25) is 0 Å². The van der Waals surface area contributed by atoms with Crippen molar-refractivity contribution in [2.24, 2.45) is 5.10 Å². The zero-order valence-electron chi connectivity index (χ0n) is 14.1. The molecule has 26 heavy (non-hydrogen) atoms. The Hall–Kier alpha value is -2.77. The van der Waals surface area contributed by atoms with E-state index in [0.717, 1.165) is 42.2 Å². The van der Waals surface area contributed by atoms with Gasteiger partial charge in [-0.05, 0) is 54.9 Å². The smallest absolute Gasteiger partial charge is 0.216 e. The molecule has 1 aliphatic heterocycles. The molecule has 2 heterocycles. The number of nitrogens with zero attached hydrogens (tertiary/aromatic N) is 3. The van der Waals surface area contributed by atoms with Crippen LogP contribution in [-0.4, -0.2) is 27.7 Å². The maximum Gasteiger partial charge on any atom is 0.216 e. The topological polar surface area (TPSA) is 67.2 Å². The zero-order chi connectivity index (χ0) is 17.8. The van der Waals surface area contributed by atoms with Crippen LogP contribution in [0.5, 0.6) is 0 Å². The van der Waals surface area contributed by atoms with E-state index < -0.39 is 0 Å². The minimum atomic E-state index is -0.0439. The molecule has 1 aliphatic rings. The number of aromatic amines is 1. The molecule has 1 aromatic heterocycles. The Labute approximate surface area is 156 Å². The number of aromatic nitrogens is 3. The van der Waals surface area contributed by atoms with E-state index in [1.54, 1.807) is 10.9 Å². The number of para-hydroxylation sites is 1. The van der Waals surface area contributed by atoms with Crippen LogP contribution < -0.4 is 5.32 Å². The highest BCUT2D eigenvalue weighted by molar-refractivity contribution is 7.71. The molecule has 1 saturated heterocycles. The molecule has 4 rings (SSSR count). The summed E-state index contributed by atoms with van der Waals surface area (Å²) in [6.07, 6.45) is 3.70. The van der Waals surface area contributed by atoms with Gasteiger partial charge in [0.05, 0.1) is 6.21 Å². The van der Waals surface area contributed by atoms with Crippen molar-refractivity contribution < 1.29 is 4.74 Å². The van der Waals surface area contributed by atoms with Gasteiger partial charge in [0.15, 0.2) is 5.82 Å². The van der Waals surface area contributed by atoms with Crippen molar-refractivity contribution >= 4 is 29.8 Å². The lowest BCUT2D eigenvalue weighted by Gasteiger charge is -2.07. The standard InChI is InChI=1S/C19H19N5OS/c26-19-23-22-18(17-7-4-12-25-17)24(19)20-13-14-8-10-16(11-9-14)21-15-5-2-1-3-6-15/h1-3,5-6,8-11,13,17,21H,4,7,12H2,(H,23,26)/b20-13-/t17-/m0/s1. The molecule has 7 heteroatoms. The molecule has 0 unspecified atom stereocenters. The van der Waals surface area contributed by atoms with Gasteiger partial charge in [0, 0.05) is 18.0 Å². The summed E-state index contributed by atoms with van der Waals surface area (Å²) in [4.78, 5) is 0. The molecule has 0 bridgehead atoms. The van der Waals surface area contributed by atoms with E-state index in [9.17, 15) is 0 Å². The van der Waals surface area contributed by atoms with Gasteiger partial charge in [-0.1, -0.05) is 30.3 Å². The summed E-state index contributed by atoms with van der Waals surface area (Å²) in [6, 6.07) is 18.1. The van der Waals surface area contributed by atoms with Crippen molar-refractivity contribution in [3.63, 3.8) is 0 Å². The van der Waals surface area contributed by atoms with Crippen molar-refractivity contribution in [3.05, 3.63) is 70.8 Å². The molecule has 2 aromatic carbocycles. The van der Waals surface area contributed by atoms with E-state index in [2.05, 4.69) is 20.6 Å². The van der Waals surface area contributed by atoms with Gasteiger partial charge in [-0.2, -0.15) is 14.9 Å². The average Bonchev–Trinajstić information content (AvgIpc) is 3.32. The van der Waals surface area contributed by atoms with E-state index in [-0.39, 0.29) is 6.10 Å². The van der Waals surface area contributed by atoms with Gasteiger partial charge >= 0.3 is 0 Å². The van der Waals surface area contributed by atoms with Crippen molar-refractivity contribution in [1.29, 1.82) is 0 Å². The molecular formula is C19H19N5OS. The number of anilines is 2. The van der Waals surface area contributed by atoms with Gasteiger partial charge in [-0.3, -0.25) is 5.10 Å². The molecule has 0 spiro atoms. The maximum absolute atomic E-state index is 5.69. The normalized spacial score (nSPS) is 17.0. The molecule has 0 aliphatic carbocycles. The third-order valence-electron chi connectivity index (χ3n) is 4.19. The number of H-pyrrole nitrogens is 1. The van der Waals surface area contributed by atoms with Crippen molar-refractivity contribution in [2.45, 2.75) is 18.9 Å². The van der Waals surface area contributed by atoms with Gasteiger partial charge in [0.2, 0.25) is 4.77 Å².